The fourth-order valence-corrected chi connectivity index (χ4v) is 1.55. The number of ether oxygens (including phenoxy) is 1. The van der Waals surface area contributed by atoms with Crippen LogP contribution in [0.2, 0.25) is 0 Å². The van der Waals surface area contributed by atoms with E-state index in [2.05, 4.69) is 10.1 Å². The topological polar surface area (TPSA) is 75.6 Å². The van der Waals surface area contributed by atoms with Gasteiger partial charge in [0.15, 0.2) is 0 Å². The molecule has 5 nitrogen and oxygen atoms in total. The molecule has 0 aliphatic carbocycles. The van der Waals surface area contributed by atoms with Gasteiger partial charge in [-0.1, -0.05) is 46.9 Å². The molecule has 0 unspecified atom stereocenters. The van der Waals surface area contributed by atoms with Crippen molar-refractivity contribution in [1.29, 1.82) is 0 Å². The minimum atomic E-state index is -1.78. The molecule has 116 valence electrons. The first-order valence-electron chi connectivity index (χ1n) is 5.64. The maximum atomic E-state index is 12.8. The molecule has 1 rings (SSSR count). The van der Waals surface area contributed by atoms with E-state index < -0.39 is 34.3 Å². The number of carbonyl (C=O) groups excluding carboxylic acids is 1. The van der Waals surface area contributed by atoms with Gasteiger partial charge in [-0.25, -0.2) is 14.0 Å². The maximum Gasteiger partial charge on any atom is 0.408 e. The van der Waals surface area contributed by atoms with Crippen LogP contribution >= 0.6 is 34.8 Å². The van der Waals surface area contributed by atoms with Gasteiger partial charge in [-0.15, -0.1) is 0 Å². The predicted octanol–water partition coefficient (Wildman–Crippen LogP) is 2.92. The fourth-order valence-electron chi connectivity index (χ4n) is 1.39. The van der Waals surface area contributed by atoms with E-state index in [1.54, 1.807) is 0 Å². The standard InChI is InChI=1S/C12H11Cl3FNO4/c13-12(14,15)6-21-11(20)17-9(10(18)19)5-7-1-3-8(16)4-2-7/h1-4,9H,5-6H2,(H,17,20)(H,18,19)/t9-/m0/s1. The number of alkyl halides is 3. The van der Waals surface area contributed by atoms with Crippen LogP contribution in [0.1, 0.15) is 5.56 Å². The molecule has 0 fully saturated rings. The lowest BCUT2D eigenvalue weighted by molar-refractivity contribution is -0.139. The molecular weight excluding hydrogens is 347 g/mol. The Morgan fingerprint density at radius 3 is 2.33 bits per heavy atom. The number of alkyl carbamates (subject to hydrolysis) is 1. The van der Waals surface area contributed by atoms with Gasteiger partial charge < -0.3 is 15.2 Å². The van der Waals surface area contributed by atoms with Crippen LogP contribution in [0.4, 0.5) is 9.18 Å². The van der Waals surface area contributed by atoms with Crippen molar-refractivity contribution in [2.24, 2.45) is 0 Å². The molecule has 1 atom stereocenters. The second-order valence-corrected chi connectivity index (χ2v) is 6.57. The lowest BCUT2D eigenvalue weighted by Crippen LogP contribution is -2.43. The highest BCUT2D eigenvalue weighted by atomic mass is 35.6. The monoisotopic (exact) mass is 357 g/mol. The lowest BCUT2D eigenvalue weighted by atomic mass is 10.1. The molecule has 0 radical (unpaired) electrons. The average Bonchev–Trinajstić information content (AvgIpc) is 2.37. The molecular formula is C12H11Cl3FNO4. The SMILES string of the molecule is O=C(N[C@@H](Cc1ccc(F)cc1)C(=O)O)OCC(Cl)(Cl)Cl. The van der Waals surface area contributed by atoms with E-state index in [4.69, 9.17) is 39.9 Å². The molecule has 21 heavy (non-hydrogen) atoms. The van der Waals surface area contributed by atoms with Crippen molar-refractivity contribution >= 4 is 46.9 Å². The normalized spacial score (nSPS) is 12.6. The number of halogens is 4. The summed E-state index contributed by atoms with van der Waals surface area (Å²) in [6.07, 6.45) is -1.07. The Bertz CT molecular complexity index is 504. The molecule has 1 aromatic carbocycles. The number of nitrogens with one attached hydrogen (secondary N) is 1. The minimum Gasteiger partial charge on any atom is -0.480 e. The molecule has 0 aliphatic heterocycles. The number of carbonyl (C=O) groups is 2. The molecule has 0 heterocycles. The summed E-state index contributed by atoms with van der Waals surface area (Å²) in [6, 6.07) is 3.96. The molecule has 1 aromatic rings. The Morgan fingerprint density at radius 2 is 1.86 bits per heavy atom. The summed E-state index contributed by atoms with van der Waals surface area (Å²) in [5, 5.41) is 11.2. The Kier molecular flexibility index (Phi) is 6.51. The van der Waals surface area contributed by atoms with Crippen LogP contribution in [0.25, 0.3) is 0 Å². The fraction of sp³-hybridized carbons (Fsp3) is 0.333. The summed E-state index contributed by atoms with van der Waals surface area (Å²) in [4.78, 5) is 22.5. The molecule has 0 saturated carbocycles. The number of carboxylic acid groups (broad SMARTS) is 1. The van der Waals surface area contributed by atoms with Crippen LogP contribution in [-0.2, 0) is 16.0 Å². The van der Waals surface area contributed by atoms with Gasteiger partial charge >= 0.3 is 12.1 Å². The van der Waals surface area contributed by atoms with Crippen molar-refractivity contribution < 1.29 is 23.8 Å². The third-order valence-corrected chi connectivity index (χ3v) is 2.64. The van der Waals surface area contributed by atoms with Crippen molar-refractivity contribution in [2.45, 2.75) is 16.3 Å². The molecule has 9 heteroatoms. The van der Waals surface area contributed by atoms with E-state index in [1.165, 1.54) is 24.3 Å². The zero-order valence-electron chi connectivity index (χ0n) is 10.5. The van der Waals surface area contributed by atoms with Crippen LogP contribution in [0.5, 0.6) is 0 Å². The summed E-state index contributed by atoms with van der Waals surface area (Å²) in [6.45, 7) is -0.521. The summed E-state index contributed by atoms with van der Waals surface area (Å²) in [5.74, 6) is -1.72. The van der Waals surface area contributed by atoms with E-state index in [-0.39, 0.29) is 6.42 Å². The van der Waals surface area contributed by atoms with Gasteiger partial charge in [0.25, 0.3) is 0 Å². The first-order chi connectivity index (χ1) is 9.67. The number of benzene rings is 1. The second-order valence-electron chi connectivity index (χ2n) is 4.06. The Morgan fingerprint density at radius 1 is 1.29 bits per heavy atom. The Labute approximate surface area is 134 Å². The smallest absolute Gasteiger partial charge is 0.408 e. The summed E-state index contributed by atoms with van der Waals surface area (Å²) >= 11 is 16.2. The zero-order valence-corrected chi connectivity index (χ0v) is 12.8. The molecule has 2 N–H and O–H groups in total. The van der Waals surface area contributed by atoms with Gasteiger partial charge in [-0.2, -0.15) is 0 Å². The van der Waals surface area contributed by atoms with Crippen LogP contribution in [0, 0.1) is 5.82 Å². The summed E-state index contributed by atoms with van der Waals surface area (Å²) < 4.78 is 15.6. The molecule has 0 saturated heterocycles. The van der Waals surface area contributed by atoms with E-state index in [0.29, 0.717) is 5.56 Å². The number of aliphatic carboxylic acids is 1. The number of rotatable bonds is 5. The third-order valence-electron chi connectivity index (χ3n) is 2.31. The van der Waals surface area contributed by atoms with E-state index in [1.807, 2.05) is 0 Å². The average molecular weight is 359 g/mol. The predicted molar refractivity (Wildman–Crippen MR) is 76.3 cm³/mol. The molecule has 0 bridgehead atoms. The van der Waals surface area contributed by atoms with Gasteiger partial charge in [-0.3, -0.25) is 0 Å². The highest BCUT2D eigenvalue weighted by Crippen LogP contribution is 2.25. The Balaban J connectivity index is 2.59. The van der Waals surface area contributed by atoms with E-state index in [9.17, 15) is 14.0 Å². The number of hydrogen-bond donors (Lipinski definition) is 2. The highest BCUT2D eigenvalue weighted by Gasteiger charge is 2.25. The van der Waals surface area contributed by atoms with E-state index in [0.717, 1.165) is 0 Å². The van der Waals surface area contributed by atoms with Gasteiger partial charge in [0, 0.05) is 6.42 Å². The zero-order chi connectivity index (χ0) is 16.0. The molecule has 0 aromatic heterocycles. The van der Waals surface area contributed by atoms with Gasteiger partial charge in [-0.05, 0) is 17.7 Å². The van der Waals surface area contributed by atoms with Crippen LogP contribution in [-0.4, -0.2) is 33.6 Å². The van der Waals surface area contributed by atoms with Gasteiger partial charge in [0.1, 0.15) is 18.5 Å². The van der Waals surface area contributed by atoms with Crippen molar-refractivity contribution in [2.75, 3.05) is 6.61 Å². The quantitative estimate of drug-likeness (QED) is 0.794. The number of carboxylic acids is 1. The summed E-state index contributed by atoms with van der Waals surface area (Å²) in [5.41, 5.74) is 0.533. The largest absolute Gasteiger partial charge is 0.480 e. The number of amides is 1. The molecule has 0 spiro atoms. The van der Waals surface area contributed by atoms with Crippen LogP contribution in [0.3, 0.4) is 0 Å². The second kappa shape index (κ2) is 7.68. The van der Waals surface area contributed by atoms with E-state index >= 15 is 0 Å². The van der Waals surface area contributed by atoms with Gasteiger partial charge in [0.05, 0.1) is 0 Å². The molecule has 0 aliphatic rings. The van der Waals surface area contributed by atoms with Crippen LogP contribution in [0.15, 0.2) is 24.3 Å². The third kappa shape index (κ3) is 7.36. The first-order valence-corrected chi connectivity index (χ1v) is 6.78. The van der Waals surface area contributed by atoms with Crippen molar-refractivity contribution in [3.05, 3.63) is 35.6 Å². The molecule has 1 amide bonds. The summed E-state index contributed by atoms with van der Waals surface area (Å²) in [7, 11) is 0. The van der Waals surface area contributed by atoms with Crippen molar-refractivity contribution in [3.63, 3.8) is 0 Å². The number of hydrogen-bond acceptors (Lipinski definition) is 3. The maximum absolute atomic E-state index is 12.8. The highest BCUT2D eigenvalue weighted by molar-refractivity contribution is 6.67. The first kappa shape index (κ1) is 17.8. The van der Waals surface area contributed by atoms with Crippen LogP contribution < -0.4 is 5.32 Å². The van der Waals surface area contributed by atoms with Gasteiger partial charge in [0.2, 0.25) is 3.79 Å². The minimum absolute atomic E-state index is 0.0432. The Hall–Kier alpha value is -1.24. The van der Waals surface area contributed by atoms with Crippen molar-refractivity contribution in [1.82, 2.24) is 5.32 Å². The van der Waals surface area contributed by atoms with Crippen molar-refractivity contribution in [3.8, 4) is 0 Å². The lowest BCUT2D eigenvalue weighted by Gasteiger charge is -2.16.